The molecule has 4 N–H and O–H groups in total. The van der Waals surface area contributed by atoms with Crippen molar-refractivity contribution in [3.05, 3.63) is 11.1 Å². The summed E-state index contributed by atoms with van der Waals surface area (Å²) in [6, 6.07) is -0.0153. The van der Waals surface area contributed by atoms with E-state index >= 15 is 0 Å². The molecule has 1 unspecified atom stereocenters. The molecule has 15 heavy (non-hydrogen) atoms. The maximum Gasteiger partial charge on any atom is 0.226 e. The Morgan fingerprint density at radius 1 is 1.80 bits per heavy atom. The Labute approximate surface area is 92.3 Å². The molecule has 0 spiro atoms. The zero-order chi connectivity index (χ0) is 11.3. The van der Waals surface area contributed by atoms with Gasteiger partial charge in [-0.2, -0.15) is 0 Å². The normalized spacial score (nSPS) is 12.4. The van der Waals surface area contributed by atoms with Gasteiger partial charge in [0, 0.05) is 18.0 Å². The van der Waals surface area contributed by atoms with E-state index in [1.54, 1.807) is 5.38 Å². The molecule has 1 amide bonds. The fourth-order valence-electron chi connectivity index (χ4n) is 1.16. The molecule has 1 heterocycles. The molecule has 0 aromatic carbocycles. The number of hydrogen-bond donors (Lipinski definition) is 3. The fraction of sp³-hybridized carbons (Fsp3) is 0.556. The largest absolute Gasteiger partial charge is 0.396 e. The van der Waals surface area contributed by atoms with Gasteiger partial charge >= 0.3 is 0 Å². The minimum absolute atomic E-state index is 0.0153. The molecule has 84 valence electrons. The molecule has 1 aromatic heterocycles. The number of anilines is 1. The summed E-state index contributed by atoms with van der Waals surface area (Å²) in [7, 11) is 0. The van der Waals surface area contributed by atoms with Gasteiger partial charge in [-0.05, 0) is 13.3 Å². The first kappa shape index (κ1) is 11.9. The van der Waals surface area contributed by atoms with Crippen LogP contribution in [-0.4, -0.2) is 28.6 Å². The van der Waals surface area contributed by atoms with Crippen LogP contribution in [0.15, 0.2) is 5.38 Å². The number of aliphatic hydroxyl groups is 1. The van der Waals surface area contributed by atoms with Crippen molar-refractivity contribution < 1.29 is 9.90 Å². The van der Waals surface area contributed by atoms with Gasteiger partial charge in [0.1, 0.15) is 0 Å². The average Bonchev–Trinajstić information content (AvgIpc) is 2.51. The van der Waals surface area contributed by atoms with E-state index in [1.807, 2.05) is 6.92 Å². The summed E-state index contributed by atoms with van der Waals surface area (Å²) >= 11 is 1.32. The summed E-state index contributed by atoms with van der Waals surface area (Å²) in [6.07, 6.45) is 0.800. The molecule has 0 bridgehead atoms. The Hall–Kier alpha value is -1.14. The number of thiazole rings is 1. The maximum absolute atomic E-state index is 11.4. The van der Waals surface area contributed by atoms with Gasteiger partial charge < -0.3 is 16.2 Å². The van der Waals surface area contributed by atoms with Crippen LogP contribution in [0.4, 0.5) is 5.13 Å². The van der Waals surface area contributed by atoms with Gasteiger partial charge in [-0.15, -0.1) is 11.3 Å². The molecule has 0 aliphatic rings. The van der Waals surface area contributed by atoms with Crippen LogP contribution in [0.2, 0.25) is 0 Å². The van der Waals surface area contributed by atoms with Crippen molar-refractivity contribution in [2.24, 2.45) is 0 Å². The lowest BCUT2D eigenvalue weighted by molar-refractivity contribution is -0.121. The van der Waals surface area contributed by atoms with Gasteiger partial charge in [-0.3, -0.25) is 4.79 Å². The van der Waals surface area contributed by atoms with Crippen LogP contribution >= 0.6 is 11.3 Å². The third-order valence-corrected chi connectivity index (χ3v) is 2.60. The summed E-state index contributed by atoms with van der Waals surface area (Å²) in [6.45, 7) is 1.93. The van der Waals surface area contributed by atoms with Gasteiger partial charge in [0.2, 0.25) is 5.91 Å². The molecule has 0 fully saturated rings. The van der Waals surface area contributed by atoms with Crippen molar-refractivity contribution in [3.63, 3.8) is 0 Å². The summed E-state index contributed by atoms with van der Waals surface area (Å²) < 4.78 is 0. The van der Waals surface area contributed by atoms with E-state index in [4.69, 9.17) is 10.8 Å². The number of carbonyl (C=O) groups is 1. The van der Waals surface area contributed by atoms with Crippen molar-refractivity contribution in [1.29, 1.82) is 0 Å². The van der Waals surface area contributed by atoms with E-state index in [0.717, 1.165) is 0 Å². The maximum atomic E-state index is 11.4. The predicted molar refractivity (Wildman–Crippen MR) is 59.5 cm³/mol. The second kappa shape index (κ2) is 5.67. The Morgan fingerprint density at radius 3 is 3.07 bits per heavy atom. The third-order valence-electron chi connectivity index (χ3n) is 1.88. The number of amides is 1. The zero-order valence-corrected chi connectivity index (χ0v) is 9.38. The van der Waals surface area contributed by atoms with Crippen molar-refractivity contribution in [1.82, 2.24) is 10.3 Å². The molecule has 1 rings (SSSR count). The monoisotopic (exact) mass is 229 g/mol. The van der Waals surface area contributed by atoms with Crippen molar-refractivity contribution in [3.8, 4) is 0 Å². The van der Waals surface area contributed by atoms with Gasteiger partial charge in [-0.1, -0.05) is 0 Å². The van der Waals surface area contributed by atoms with Crippen LogP contribution in [-0.2, 0) is 11.2 Å². The Morgan fingerprint density at radius 2 is 2.53 bits per heavy atom. The highest BCUT2D eigenvalue weighted by atomic mass is 32.1. The molecular weight excluding hydrogens is 214 g/mol. The lowest BCUT2D eigenvalue weighted by atomic mass is 10.2. The van der Waals surface area contributed by atoms with E-state index in [2.05, 4.69) is 10.3 Å². The van der Waals surface area contributed by atoms with Crippen LogP contribution in [0.1, 0.15) is 19.0 Å². The minimum atomic E-state index is -0.0961. The zero-order valence-electron chi connectivity index (χ0n) is 8.56. The highest BCUT2D eigenvalue weighted by Crippen LogP contribution is 2.11. The van der Waals surface area contributed by atoms with E-state index in [-0.39, 0.29) is 25.0 Å². The first-order chi connectivity index (χ1) is 7.11. The van der Waals surface area contributed by atoms with Gasteiger partial charge in [0.25, 0.3) is 0 Å². The van der Waals surface area contributed by atoms with Crippen LogP contribution in [0.5, 0.6) is 0 Å². The molecule has 5 nitrogen and oxygen atoms in total. The summed E-state index contributed by atoms with van der Waals surface area (Å²) in [5, 5.41) is 13.7. The number of hydrogen-bond acceptors (Lipinski definition) is 5. The number of aromatic nitrogens is 1. The molecule has 6 heteroatoms. The highest BCUT2D eigenvalue weighted by molar-refractivity contribution is 7.13. The van der Waals surface area contributed by atoms with Crippen LogP contribution in [0.25, 0.3) is 0 Å². The van der Waals surface area contributed by atoms with Gasteiger partial charge in [0.15, 0.2) is 5.13 Å². The second-order valence-electron chi connectivity index (χ2n) is 3.33. The number of nitrogens with one attached hydrogen (secondary N) is 1. The van der Waals surface area contributed by atoms with Crippen LogP contribution in [0, 0.1) is 0 Å². The third kappa shape index (κ3) is 4.26. The standard InChI is InChI=1S/C9H15N3O2S/c1-6(2-3-13)11-8(14)4-7-5-15-9(10)12-7/h5-6,13H,2-4H2,1H3,(H2,10,12)(H,11,14). The topological polar surface area (TPSA) is 88.2 Å². The molecule has 0 radical (unpaired) electrons. The lowest BCUT2D eigenvalue weighted by Gasteiger charge is -2.11. The minimum Gasteiger partial charge on any atom is -0.396 e. The van der Waals surface area contributed by atoms with E-state index in [1.165, 1.54) is 11.3 Å². The number of nitrogens with zero attached hydrogens (tertiary/aromatic N) is 1. The number of nitrogens with two attached hydrogens (primary N) is 1. The smallest absolute Gasteiger partial charge is 0.226 e. The van der Waals surface area contributed by atoms with Crippen molar-refractivity contribution in [2.45, 2.75) is 25.8 Å². The number of aliphatic hydroxyl groups excluding tert-OH is 1. The Bertz CT molecular complexity index is 327. The van der Waals surface area contributed by atoms with E-state index in [9.17, 15) is 4.79 Å². The number of carbonyl (C=O) groups excluding carboxylic acids is 1. The van der Waals surface area contributed by atoms with E-state index in [0.29, 0.717) is 17.2 Å². The molecule has 0 aliphatic carbocycles. The number of rotatable bonds is 5. The predicted octanol–water partition coefficient (Wildman–Crippen LogP) is 0.155. The summed E-state index contributed by atoms with van der Waals surface area (Å²) in [5.41, 5.74) is 6.13. The molecule has 1 aromatic rings. The summed E-state index contributed by atoms with van der Waals surface area (Å²) in [4.78, 5) is 15.4. The van der Waals surface area contributed by atoms with Crippen molar-refractivity contribution in [2.75, 3.05) is 12.3 Å². The quantitative estimate of drug-likeness (QED) is 0.671. The first-order valence-electron chi connectivity index (χ1n) is 4.72. The molecule has 0 aliphatic heterocycles. The van der Waals surface area contributed by atoms with Crippen LogP contribution in [0.3, 0.4) is 0 Å². The van der Waals surface area contributed by atoms with Gasteiger partial charge in [-0.25, -0.2) is 4.98 Å². The molecule has 0 saturated carbocycles. The first-order valence-corrected chi connectivity index (χ1v) is 5.60. The Kier molecular flexibility index (Phi) is 4.51. The van der Waals surface area contributed by atoms with Gasteiger partial charge in [0.05, 0.1) is 12.1 Å². The van der Waals surface area contributed by atoms with Crippen molar-refractivity contribution >= 4 is 22.4 Å². The van der Waals surface area contributed by atoms with E-state index < -0.39 is 0 Å². The summed E-state index contributed by atoms with van der Waals surface area (Å²) in [5.74, 6) is -0.0961. The fourth-order valence-corrected chi connectivity index (χ4v) is 1.72. The lowest BCUT2D eigenvalue weighted by Crippen LogP contribution is -2.34. The highest BCUT2D eigenvalue weighted by Gasteiger charge is 2.09. The Balaban J connectivity index is 2.36. The molecule has 1 atom stereocenters. The SMILES string of the molecule is CC(CCO)NC(=O)Cc1csc(N)n1. The second-order valence-corrected chi connectivity index (χ2v) is 4.22. The average molecular weight is 229 g/mol. The number of nitrogen functional groups attached to an aromatic ring is 1. The molecular formula is C9H15N3O2S. The van der Waals surface area contributed by atoms with Crippen LogP contribution < -0.4 is 11.1 Å². The molecule has 0 saturated heterocycles.